The lowest BCUT2D eigenvalue weighted by Gasteiger charge is -2.01. The number of aromatic nitrogens is 2. The van der Waals surface area contributed by atoms with E-state index in [-0.39, 0.29) is 5.91 Å². The minimum Gasteiger partial charge on any atom is -0.311 e. The van der Waals surface area contributed by atoms with E-state index in [1.54, 1.807) is 6.42 Å². The molecule has 1 heterocycles. The third-order valence-electron chi connectivity index (χ3n) is 2.95. The van der Waals surface area contributed by atoms with Gasteiger partial charge in [0.15, 0.2) is 0 Å². The lowest BCUT2D eigenvalue weighted by atomic mass is 10.1. The van der Waals surface area contributed by atoms with Crippen molar-refractivity contribution in [3.05, 3.63) is 54.1 Å². The zero-order valence-corrected chi connectivity index (χ0v) is 9.89. The number of amides is 1. The summed E-state index contributed by atoms with van der Waals surface area (Å²) in [6, 6.07) is 11.4. The molecule has 4 heteroatoms. The Morgan fingerprint density at radius 1 is 1.33 bits per heavy atom. The zero-order valence-electron chi connectivity index (χ0n) is 9.89. The van der Waals surface area contributed by atoms with Crippen LogP contribution >= 0.6 is 0 Å². The molecule has 2 N–H and O–H groups in total. The highest BCUT2D eigenvalue weighted by Gasteiger charge is 2.26. The van der Waals surface area contributed by atoms with Crippen molar-refractivity contribution in [2.45, 2.75) is 18.8 Å². The SMILES string of the molecule is O=C([CH]c1ccccc1)Nc1cc(C2CC2)n[nH]1. The van der Waals surface area contributed by atoms with Gasteiger partial charge >= 0.3 is 0 Å². The molecule has 1 radical (unpaired) electrons. The average Bonchev–Trinajstić information content (AvgIpc) is 3.12. The number of aromatic amines is 1. The fourth-order valence-electron chi connectivity index (χ4n) is 1.86. The molecule has 1 saturated carbocycles. The number of rotatable bonds is 4. The second-order valence-corrected chi connectivity index (χ2v) is 4.53. The Hall–Kier alpha value is -2.10. The van der Waals surface area contributed by atoms with Crippen LogP contribution in [0.3, 0.4) is 0 Å². The van der Waals surface area contributed by atoms with Crippen molar-refractivity contribution in [1.29, 1.82) is 0 Å². The fraction of sp³-hybridized carbons (Fsp3) is 0.214. The highest BCUT2D eigenvalue weighted by Crippen LogP contribution is 2.39. The summed E-state index contributed by atoms with van der Waals surface area (Å²) in [5.41, 5.74) is 1.93. The van der Waals surface area contributed by atoms with Crippen LogP contribution in [0, 0.1) is 6.42 Å². The molecule has 0 atom stereocenters. The predicted octanol–water partition coefficient (Wildman–Crippen LogP) is 2.48. The molecule has 3 rings (SSSR count). The molecule has 1 aromatic heterocycles. The normalized spacial score (nSPS) is 14.4. The van der Waals surface area contributed by atoms with E-state index in [1.165, 1.54) is 12.8 Å². The Balaban J connectivity index is 1.59. The Kier molecular flexibility index (Phi) is 2.84. The van der Waals surface area contributed by atoms with E-state index in [0.717, 1.165) is 11.3 Å². The Morgan fingerprint density at radius 2 is 2.11 bits per heavy atom. The second-order valence-electron chi connectivity index (χ2n) is 4.53. The predicted molar refractivity (Wildman–Crippen MR) is 69.0 cm³/mol. The number of hydrogen-bond donors (Lipinski definition) is 2. The monoisotopic (exact) mass is 240 g/mol. The summed E-state index contributed by atoms with van der Waals surface area (Å²) in [7, 11) is 0. The van der Waals surface area contributed by atoms with Crippen LogP contribution in [0.4, 0.5) is 5.82 Å². The molecule has 0 aliphatic heterocycles. The molecule has 1 amide bonds. The van der Waals surface area contributed by atoms with Gasteiger partial charge in [-0.3, -0.25) is 9.89 Å². The van der Waals surface area contributed by atoms with Crippen LogP contribution in [-0.2, 0) is 4.79 Å². The van der Waals surface area contributed by atoms with E-state index in [9.17, 15) is 4.79 Å². The Bertz CT molecular complexity index is 543. The van der Waals surface area contributed by atoms with Crippen molar-refractivity contribution in [2.24, 2.45) is 0 Å². The molecular weight excluding hydrogens is 226 g/mol. The summed E-state index contributed by atoms with van der Waals surface area (Å²) < 4.78 is 0. The molecule has 1 fully saturated rings. The van der Waals surface area contributed by atoms with Gasteiger partial charge in [0.05, 0.1) is 12.1 Å². The van der Waals surface area contributed by atoms with Gasteiger partial charge in [-0.25, -0.2) is 0 Å². The highest BCUT2D eigenvalue weighted by atomic mass is 16.1. The van der Waals surface area contributed by atoms with Crippen molar-refractivity contribution in [1.82, 2.24) is 10.2 Å². The van der Waals surface area contributed by atoms with Gasteiger partial charge in [-0.05, 0) is 18.4 Å². The van der Waals surface area contributed by atoms with Crippen LogP contribution in [0.2, 0.25) is 0 Å². The molecule has 1 aromatic carbocycles. The Labute approximate surface area is 105 Å². The maximum absolute atomic E-state index is 11.8. The number of nitrogens with one attached hydrogen (secondary N) is 2. The van der Waals surface area contributed by atoms with Crippen molar-refractivity contribution in [3.63, 3.8) is 0 Å². The van der Waals surface area contributed by atoms with Gasteiger partial charge in [-0.1, -0.05) is 30.3 Å². The number of carbonyl (C=O) groups is 1. The second kappa shape index (κ2) is 4.64. The van der Waals surface area contributed by atoms with E-state index in [1.807, 2.05) is 36.4 Å². The smallest absolute Gasteiger partial charge is 0.234 e. The zero-order chi connectivity index (χ0) is 12.4. The van der Waals surface area contributed by atoms with E-state index in [2.05, 4.69) is 15.5 Å². The molecular formula is C14H14N3O. The van der Waals surface area contributed by atoms with E-state index < -0.39 is 0 Å². The number of hydrogen-bond acceptors (Lipinski definition) is 2. The van der Waals surface area contributed by atoms with Gasteiger partial charge in [0.1, 0.15) is 5.82 Å². The molecule has 1 aliphatic rings. The topological polar surface area (TPSA) is 57.8 Å². The molecule has 0 saturated heterocycles. The summed E-state index contributed by atoms with van der Waals surface area (Å²) >= 11 is 0. The van der Waals surface area contributed by atoms with E-state index >= 15 is 0 Å². The van der Waals surface area contributed by atoms with Crippen LogP contribution in [0.5, 0.6) is 0 Å². The number of nitrogens with zero attached hydrogens (tertiary/aromatic N) is 1. The molecule has 4 nitrogen and oxygen atoms in total. The van der Waals surface area contributed by atoms with E-state index in [4.69, 9.17) is 0 Å². The van der Waals surface area contributed by atoms with Crippen molar-refractivity contribution >= 4 is 11.7 Å². The standard InChI is InChI=1S/C14H14N3O/c18-14(8-10-4-2-1-3-5-10)15-13-9-12(16-17-13)11-6-7-11/h1-5,8-9,11H,6-7H2,(H2,15,16,17,18). The third-order valence-corrected chi connectivity index (χ3v) is 2.95. The summed E-state index contributed by atoms with van der Waals surface area (Å²) in [5, 5.41) is 9.81. The quantitative estimate of drug-likeness (QED) is 0.862. The number of carbonyl (C=O) groups excluding carboxylic acids is 1. The molecule has 2 aromatic rings. The van der Waals surface area contributed by atoms with Crippen LogP contribution in [0.25, 0.3) is 0 Å². The summed E-state index contributed by atoms with van der Waals surface area (Å²) in [6.45, 7) is 0. The van der Waals surface area contributed by atoms with Gasteiger partial charge in [0.2, 0.25) is 5.91 Å². The molecule has 91 valence electrons. The van der Waals surface area contributed by atoms with Crippen molar-refractivity contribution in [3.8, 4) is 0 Å². The molecule has 0 spiro atoms. The van der Waals surface area contributed by atoms with Crippen molar-refractivity contribution in [2.75, 3.05) is 5.32 Å². The minimum absolute atomic E-state index is 0.146. The maximum atomic E-state index is 11.8. The van der Waals surface area contributed by atoms with Gasteiger partial charge in [0, 0.05) is 12.0 Å². The van der Waals surface area contributed by atoms with Crippen LogP contribution in [0.15, 0.2) is 36.4 Å². The molecule has 0 bridgehead atoms. The van der Waals surface area contributed by atoms with Gasteiger partial charge < -0.3 is 5.32 Å². The largest absolute Gasteiger partial charge is 0.311 e. The average molecular weight is 240 g/mol. The molecule has 18 heavy (non-hydrogen) atoms. The molecule has 1 aliphatic carbocycles. The van der Waals surface area contributed by atoms with Gasteiger partial charge in [-0.15, -0.1) is 0 Å². The summed E-state index contributed by atoms with van der Waals surface area (Å²) in [6.07, 6.45) is 3.97. The third kappa shape index (κ3) is 2.59. The van der Waals surface area contributed by atoms with Gasteiger partial charge in [0.25, 0.3) is 0 Å². The minimum atomic E-state index is -0.146. The van der Waals surface area contributed by atoms with Crippen LogP contribution in [0.1, 0.15) is 30.0 Å². The number of benzene rings is 1. The van der Waals surface area contributed by atoms with Crippen molar-refractivity contribution < 1.29 is 4.79 Å². The van der Waals surface area contributed by atoms with Crippen LogP contribution < -0.4 is 5.32 Å². The number of H-pyrrole nitrogens is 1. The first-order valence-corrected chi connectivity index (χ1v) is 6.07. The fourth-order valence-corrected chi connectivity index (χ4v) is 1.86. The number of anilines is 1. The highest BCUT2D eigenvalue weighted by molar-refractivity contribution is 5.98. The summed E-state index contributed by atoms with van der Waals surface area (Å²) in [5.74, 6) is 1.10. The maximum Gasteiger partial charge on any atom is 0.234 e. The first-order valence-electron chi connectivity index (χ1n) is 6.07. The first kappa shape index (κ1) is 11.0. The lowest BCUT2D eigenvalue weighted by molar-refractivity contribution is -0.112. The van der Waals surface area contributed by atoms with E-state index in [0.29, 0.717) is 11.7 Å². The molecule has 0 unspecified atom stereocenters. The summed E-state index contributed by atoms with van der Waals surface area (Å²) in [4.78, 5) is 11.8. The Morgan fingerprint density at radius 3 is 2.83 bits per heavy atom. The van der Waals surface area contributed by atoms with Crippen LogP contribution in [-0.4, -0.2) is 16.1 Å². The van der Waals surface area contributed by atoms with Gasteiger partial charge in [-0.2, -0.15) is 5.10 Å². The first-order chi connectivity index (χ1) is 8.81. The lowest BCUT2D eigenvalue weighted by Crippen LogP contribution is -2.12.